The monoisotopic (exact) mass is 414 g/mol. The zero-order valence-corrected chi connectivity index (χ0v) is 18.2. The first-order valence-electron chi connectivity index (χ1n) is 10.6. The first kappa shape index (κ1) is 21.5. The Balaban J connectivity index is 1.93. The third-order valence-electron chi connectivity index (χ3n) is 5.52. The number of carbonyl (C=O) groups is 1. The number of benzene rings is 2. The summed E-state index contributed by atoms with van der Waals surface area (Å²) >= 11 is 6.10. The zero-order chi connectivity index (χ0) is 20.8. The normalized spacial score (nSPS) is 12.7. The van der Waals surface area contributed by atoms with Gasteiger partial charge in [-0.1, -0.05) is 43.6 Å². The third-order valence-corrected chi connectivity index (χ3v) is 5.75. The largest absolute Gasteiger partial charge is 0.465 e. The highest BCUT2D eigenvalue weighted by Gasteiger charge is 2.21. The Morgan fingerprint density at radius 1 is 1.03 bits per heavy atom. The maximum absolute atomic E-state index is 12.0. The number of halogens is 1. The van der Waals surface area contributed by atoms with Crippen LogP contribution in [0.1, 0.15) is 55.4 Å². The van der Waals surface area contributed by atoms with Crippen molar-refractivity contribution in [3.63, 3.8) is 0 Å². The van der Waals surface area contributed by atoms with Crippen molar-refractivity contribution in [3.05, 3.63) is 63.7 Å². The molecule has 2 aromatic carbocycles. The summed E-state index contributed by atoms with van der Waals surface area (Å²) in [6.45, 7) is 7.07. The number of aryl methyl sites for hydroxylation is 2. The second-order valence-corrected chi connectivity index (χ2v) is 8.30. The molecule has 0 radical (unpaired) electrons. The molecule has 0 aromatic heterocycles. The molecule has 0 aliphatic heterocycles. The summed E-state index contributed by atoms with van der Waals surface area (Å²) < 4.78 is 0. The van der Waals surface area contributed by atoms with Crippen LogP contribution in [0.2, 0.25) is 5.02 Å². The van der Waals surface area contributed by atoms with Gasteiger partial charge in [0.2, 0.25) is 0 Å². The van der Waals surface area contributed by atoms with E-state index in [2.05, 4.69) is 30.9 Å². The molecule has 0 bridgehead atoms. The van der Waals surface area contributed by atoms with E-state index < -0.39 is 6.09 Å². The van der Waals surface area contributed by atoms with Gasteiger partial charge in [-0.2, -0.15) is 0 Å². The van der Waals surface area contributed by atoms with Gasteiger partial charge in [-0.15, -0.1) is 0 Å². The molecule has 1 N–H and O–H groups in total. The van der Waals surface area contributed by atoms with Gasteiger partial charge < -0.3 is 10.0 Å². The molecule has 1 amide bonds. The van der Waals surface area contributed by atoms with Crippen molar-refractivity contribution in [1.29, 1.82) is 0 Å². The minimum absolute atomic E-state index is 0.327. The van der Waals surface area contributed by atoms with Crippen molar-refractivity contribution in [3.8, 4) is 0 Å². The van der Waals surface area contributed by atoms with Gasteiger partial charge in [0.15, 0.2) is 0 Å². The summed E-state index contributed by atoms with van der Waals surface area (Å²) in [6.07, 6.45) is 4.63. The molecule has 1 aliphatic carbocycles. The lowest BCUT2D eigenvalue weighted by Crippen LogP contribution is -2.31. The van der Waals surface area contributed by atoms with Crippen molar-refractivity contribution in [2.24, 2.45) is 0 Å². The van der Waals surface area contributed by atoms with E-state index in [4.69, 9.17) is 11.6 Å². The fourth-order valence-corrected chi connectivity index (χ4v) is 4.44. The van der Waals surface area contributed by atoms with Gasteiger partial charge in [-0.25, -0.2) is 4.79 Å². The smallest absolute Gasteiger partial charge is 0.407 e. The average Bonchev–Trinajstić information content (AvgIpc) is 3.14. The van der Waals surface area contributed by atoms with E-state index in [0.29, 0.717) is 18.1 Å². The Morgan fingerprint density at radius 3 is 2.34 bits per heavy atom. The van der Waals surface area contributed by atoms with Crippen LogP contribution in [0.3, 0.4) is 0 Å². The summed E-state index contributed by atoms with van der Waals surface area (Å²) in [5.41, 5.74) is 6.02. The van der Waals surface area contributed by atoms with Crippen LogP contribution in [0.4, 0.5) is 10.5 Å². The molecule has 29 heavy (non-hydrogen) atoms. The Bertz CT molecular complexity index is 847. The predicted molar refractivity (Wildman–Crippen MR) is 120 cm³/mol. The number of hydrogen-bond acceptors (Lipinski definition) is 2. The number of fused-ring (bicyclic) bond motifs is 1. The van der Waals surface area contributed by atoms with Gasteiger partial charge >= 0.3 is 6.09 Å². The fourth-order valence-electron chi connectivity index (χ4n) is 4.23. The Labute approximate surface area is 179 Å². The number of anilines is 1. The van der Waals surface area contributed by atoms with E-state index in [9.17, 15) is 9.90 Å². The van der Waals surface area contributed by atoms with Crippen molar-refractivity contribution in [2.45, 2.75) is 59.0 Å². The molecule has 0 fully saturated rings. The molecule has 0 saturated carbocycles. The van der Waals surface area contributed by atoms with Crippen LogP contribution in [-0.4, -0.2) is 29.2 Å². The van der Waals surface area contributed by atoms with Crippen LogP contribution >= 0.6 is 11.6 Å². The van der Waals surface area contributed by atoms with Crippen molar-refractivity contribution < 1.29 is 9.90 Å². The van der Waals surface area contributed by atoms with Crippen molar-refractivity contribution >= 4 is 23.4 Å². The number of nitrogens with zero attached hydrogens (tertiary/aromatic N) is 2. The second-order valence-electron chi connectivity index (χ2n) is 7.86. The van der Waals surface area contributed by atoms with Crippen LogP contribution in [0.15, 0.2) is 36.4 Å². The fraction of sp³-hybridized carbons (Fsp3) is 0.458. The zero-order valence-electron chi connectivity index (χ0n) is 17.5. The second kappa shape index (κ2) is 10.0. The highest BCUT2D eigenvalue weighted by molar-refractivity contribution is 6.30. The maximum atomic E-state index is 12.0. The summed E-state index contributed by atoms with van der Waals surface area (Å²) in [5, 5.41) is 10.5. The molecular formula is C24H31ClN2O2. The predicted octanol–water partition coefficient (Wildman–Crippen LogP) is 6.14. The van der Waals surface area contributed by atoms with Crippen molar-refractivity contribution in [2.75, 3.05) is 18.0 Å². The molecule has 1 aliphatic rings. The molecule has 156 valence electrons. The first-order valence-corrected chi connectivity index (χ1v) is 11.0. The summed E-state index contributed by atoms with van der Waals surface area (Å²) in [4.78, 5) is 16.0. The van der Waals surface area contributed by atoms with Gasteiger partial charge in [0.25, 0.3) is 0 Å². The molecule has 4 nitrogen and oxygen atoms in total. The van der Waals surface area contributed by atoms with E-state index in [1.165, 1.54) is 28.1 Å². The Hall–Kier alpha value is -2.20. The quantitative estimate of drug-likeness (QED) is 0.536. The van der Waals surface area contributed by atoms with Gasteiger partial charge in [-0.05, 0) is 72.6 Å². The van der Waals surface area contributed by atoms with E-state index >= 15 is 0 Å². The number of amides is 1. The molecule has 0 atom stereocenters. The van der Waals surface area contributed by atoms with E-state index in [-0.39, 0.29) is 0 Å². The third kappa shape index (κ3) is 5.45. The van der Waals surface area contributed by atoms with Crippen LogP contribution < -0.4 is 4.90 Å². The summed E-state index contributed by atoms with van der Waals surface area (Å²) in [7, 11) is 0. The van der Waals surface area contributed by atoms with Gasteiger partial charge in [0.05, 0.1) is 6.54 Å². The molecule has 2 aromatic rings. The molecule has 0 unspecified atom stereocenters. The maximum Gasteiger partial charge on any atom is 0.407 e. The highest BCUT2D eigenvalue weighted by Crippen LogP contribution is 2.32. The van der Waals surface area contributed by atoms with E-state index in [0.717, 1.165) is 49.9 Å². The Morgan fingerprint density at radius 2 is 1.72 bits per heavy atom. The summed E-state index contributed by atoms with van der Waals surface area (Å²) in [5.74, 6) is 0. The standard InChI is InChI=1S/C24H31ClN2O2/c1-3-11-26(12-4-2)23-15-20-9-6-8-19(20)14-21(23)17-27(24(28)29)16-18-7-5-10-22(25)13-18/h5,7,10,13-15H,3-4,6,8-9,11-12,16-17H2,1-2H3,(H,28,29). The molecule has 0 spiro atoms. The van der Waals surface area contributed by atoms with Crippen LogP contribution in [0, 0.1) is 0 Å². The van der Waals surface area contributed by atoms with Crippen LogP contribution in [0.5, 0.6) is 0 Å². The minimum atomic E-state index is -0.908. The van der Waals surface area contributed by atoms with Gasteiger partial charge in [-0.3, -0.25) is 4.90 Å². The topological polar surface area (TPSA) is 43.8 Å². The molecule has 0 heterocycles. The molecule has 5 heteroatoms. The number of hydrogen-bond donors (Lipinski definition) is 1. The molecular weight excluding hydrogens is 384 g/mol. The van der Waals surface area contributed by atoms with E-state index in [1.54, 1.807) is 0 Å². The highest BCUT2D eigenvalue weighted by atomic mass is 35.5. The van der Waals surface area contributed by atoms with Crippen molar-refractivity contribution in [1.82, 2.24) is 4.90 Å². The average molecular weight is 415 g/mol. The van der Waals surface area contributed by atoms with Crippen LogP contribution in [0.25, 0.3) is 0 Å². The molecule has 3 rings (SSSR count). The number of carboxylic acid groups (broad SMARTS) is 1. The minimum Gasteiger partial charge on any atom is -0.465 e. The lowest BCUT2D eigenvalue weighted by Gasteiger charge is -2.29. The Kier molecular flexibility index (Phi) is 7.43. The summed E-state index contributed by atoms with van der Waals surface area (Å²) in [6, 6.07) is 12.0. The van der Waals surface area contributed by atoms with Crippen LogP contribution in [-0.2, 0) is 25.9 Å². The SMILES string of the molecule is CCCN(CCC)c1cc2c(cc1CN(Cc1cccc(Cl)c1)C(=O)O)CCC2. The lowest BCUT2D eigenvalue weighted by molar-refractivity contribution is 0.139. The van der Waals surface area contributed by atoms with Gasteiger partial charge in [0.1, 0.15) is 0 Å². The first-order chi connectivity index (χ1) is 14.0. The number of rotatable bonds is 9. The van der Waals surface area contributed by atoms with E-state index in [1.807, 2.05) is 24.3 Å². The van der Waals surface area contributed by atoms with Gasteiger partial charge in [0, 0.05) is 30.3 Å². The molecule has 0 saturated heterocycles. The lowest BCUT2D eigenvalue weighted by atomic mass is 10.0.